The second-order valence-corrected chi connectivity index (χ2v) is 9.37. The number of aromatic nitrogens is 2. The Kier molecular flexibility index (Phi) is 7.16. The summed E-state index contributed by atoms with van der Waals surface area (Å²) in [7, 11) is 0. The highest BCUT2D eigenvalue weighted by Gasteiger charge is 2.24. The lowest BCUT2D eigenvalue weighted by molar-refractivity contribution is 0.111. The van der Waals surface area contributed by atoms with Crippen LogP contribution in [0.5, 0.6) is 0 Å². The fourth-order valence-electron chi connectivity index (χ4n) is 4.77. The lowest BCUT2D eigenvalue weighted by Crippen LogP contribution is -2.43. The van der Waals surface area contributed by atoms with E-state index >= 15 is 0 Å². The molecule has 2 saturated heterocycles. The average Bonchev–Trinajstić information content (AvgIpc) is 3.21. The van der Waals surface area contributed by atoms with E-state index in [2.05, 4.69) is 26.9 Å². The summed E-state index contributed by atoms with van der Waals surface area (Å²) < 4.78 is 19.2. The number of piperidine rings is 2. The van der Waals surface area contributed by atoms with Crippen LogP contribution in [0.15, 0.2) is 22.7 Å². The summed E-state index contributed by atoms with van der Waals surface area (Å²) in [5.41, 5.74) is 1.29. The zero-order chi connectivity index (χ0) is 20.9. The lowest BCUT2D eigenvalue weighted by Gasteiger charge is -2.37. The number of hydrogen-bond donors (Lipinski definition) is 0. The van der Waals surface area contributed by atoms with Crippen LogP contribution in [-0.4, -0.2) is 59.2 Å². The van der Waals surface area contributed by atoms with Crippen molar-refractivity contribution in [2.45, 2.75) is 52.4 Å². The SMILES string of the molecule is Cc1ccc(-c2noc(CCCN3CCCC(CN4CCC(C)CC4)C3)n2)cc1F. The van der Waals surface area contributed by atoms with Crippen molar-refractivity contribution in [1.29, 1.82) is 0 Å². The molecule has 4 rings (SSSR count). The predicted molar refractivity (Wildman–Crippen MR) is 117 cm³/mol. The van der Waals surface area contributed by atoms with Gasteiger partial charge in [0.15, 0.2) is 0 Å². The summed E-state index contributed by atoms with van der Waals surface area (Å²) in [6.07, 6.45) is 7.17. The maximum atomic E-state index is 13.8. The molecule has 0 spiro atoms. The standard InChI is InChI=1S/C24H35FN4O/c1-18-9-13-29(14-10-18)17-20-5-3-11-28(16-20)12-4-6-23-26-24(27-30-23)21-8-7-19(2)22(25)15-21/h7-8,15,18,20H,3-6,9-14,16-17H2,1-2H3. The lowest BCUT2D eigenvalue weighted by atomic mass is 9.94. The van der Waals surface area contributed by atoms with Gasteiger partial charge in [-0.05, 0) is 88.7 Å². The molecule has 0 saturated carbocycles. The van der Waals surface area contributed by atoms with Crippen LogP contribution in [-0.2, 0) is 6.42 Å². The van der Waals surface area contributed by atoms with Crippen LogP contribution in [0.1, 0.15) is 50.5 Å². The van der Waals surface area contributed by atoms with Crippen LogP contribution >= 0.6 is 0 Å². The number of likely N-dealkylation sites (tertiary alicyclic amines) is 2. The molecule has 2 fully saturated rings. The molecule has 0 N–H and O–H groups in total. The molecule has 1 atom stereocenters. The Morgan fingerprint density at radius 3 is 2.77 bits per heavy atom. The Hall–Kier alpha value is -1.79. The van der Waals surface area contributed by atoms with Gasteiger partial charge in [0, 0.05) is 25.1 Å². The topological polar surface area (TPSA) is 45.4 Å². The van der Waals surface area contributed by atoms with Crippen molar-refractivity contribution in [2.24, 2.45) is 11.8 Å². The summed E-state index contributed by atoms with van der Waals surface area (Å²) >= 11 is 0. The zero-order valence-corrected chi connectivity index (χ0v) is 18.4. The van der Waals surface area contributed by atoms with Gasteiger partial charge in [-0.2, -0.15) is 4.98 Å². The van der Waals surface area contributed by atoms with Gasteiger partial charge in [0.25, 0.3) is 0 Å². The molecule has 5 nitrogen and oxygen atoms in total. The van der Waals surface area contributed by atoms with Crippen molar-refractivity contribution < 1.29 is 8.91 Å². The summed E-state index contributed by atoms with van der Waals surface area (Å²) in [5, 5.41) is 4.03. The van der Waals surface area contributed by atoms with E-state index in [1.165, 1.54) is 64.5 Å². The largest absolute Gasteiger partial charge is 0.339 e. The van der Waals surface area contributed by atoms with Crippen LogP contribution in [0, 0.1) is 24.6 Å². The molecule has 0 aliphatic carbocycles. The molecule has 2 aromatic rings. The first-order valence-electron chi connectivity index (χ1n) is 11.6. The fraction of sp³-hybridized carbons (Fsp3) is 0.667. The minimum absolute atomic E-state index is 0.238. The molecular formula is C24H35FN4O. The third-order valence-electron chi connectivity index (χ3n) is 6.76. The molecule has 164 valence electrons. The highest BCUT2D eigenvalue weighted by molar-refractivity contribution is 5.54. The maximum Gasteiger partial charge on any atom is 0.227 e. The molecule has 0 bridgehead atoms. The zero-order valence-electron chi connectivity index (χ0n) is 18.4. The Morgan fingerprint density at radius 1 is 1.13 bits per heavy atom. The van der Waals surface area contributed by atoms with Crippen LogP contribution in [0.3, 0.4) is 0 Å². The molecule has 1 unspecified atom stereocenters. The first-order chi connectivity index (χ1) is 14.6. The molecule has 0 amide bonds. The van der Waals surface area contributed by atoms with Gasteiger partial charge in [-0.25, -0.2) is 4.39 Å². The van der Waals surface area contributed by atoms with Crippen LogP contribution in [0.2, 0.25) is 0 Å². The molecule has 2 aliphatic rings. The van der Waals surface area contributed by atoms with E-state index in [1.807, 2.05) is 6.07 Å². The van der Waals surface area contributed by atoms with Gasteiger partial charge in [0.2, 0.25) is 11.7 Å². The molecular weight excluding hydrogens is 379 g/mol. The number of nitrogens with zero attached hydrogens (tertiary/aromatic N) is 4. The molecule has 0 radical (unpaired) electrons. The first-order valence-corrected chi connectivity index (χ1v) is 11.6. The Morgan fingerprint density at radius 2 is 1.97 bits per heavy atom. The number of halogens is 1. The number of rotatable bonds is 7. The van der Waals surface area contributed by atoms with Crippen LogP contribution in [0.25, 0.3) is 11.4 Å². The second-order valence-electron chi connectivity index (χ2n) is 9.37. The fourth-order valence-corrected chi connectivity index (χ4v) is 4.77. The van der Waals surface area contributed by atoms with Gasteiger partial charge >= 0.3 is 0 Å². The Bertz CT molecular complexity index is 815. The average molecular weight is 415 g/mol. The Balaban J connectivity index is 1.21. The van der Waals surface area contributed by atoms with Gasteiger partial charge in [0.05, 0.1) is 0 Å². The summed E-state index contributed by atoms with van der Waals surface area (Å²) in [4.78, 5) is 9.75. The number of benzene rings is 1. The van der Waals surface area contributed by atoms with E-state index in [9.17, 15) is 4.39 Å². The first kappa shape index (κ1) is 21.4. The minimum atomic E-state index is -0.238. The molecule has 3 heterocycles. The summed E-state index contributed by atoms with van der Waals surface area (Å²) in [6.45, 7) is 11.4. The van der Waals surface area contributed by atoms with Crippen molar-refractivity contribution >= 4 is 0 Å². The van der Waals surface area contributed by atoms with Gasteiger partial charge < -0.3 is 14.3 Å². The van der Waals surface area contributed by atoms with Gasteiger partial charge in [-0.1, -0.05) is 24.2 Å². The van der Waals surface area contributed by atoms with E-state index in [0.717, 1.165) is 31.2 Å². The quantitative estimate of drug-likeness (QED) is 0.665. The van der Waals surface area contributed by atoms with Crippen molar-refractivity contribution in [3.63, 3.8) is 0 Å². The number of hydrogen-bond acceptors (Lipinski definition) is 5. The van der Waals surface area contributed by atoms with E-state index in [-0.39, 0.29) is 5.82 Å². The van der Waals surface area contributed by atoms with Gasteiger partial charge in [-0.15, -0.1) is 0 Å². The van der Waals surface area contributed by atoms with Crippen molar-refractivity contribution in [3.05, 3.63) is 35.5 Å². The monoisotopic (exact) mass is 414 g/mol. The maximum absolute atomic E-state index is 13.8. The molecule has 1 aromatic carbocycles. The summed E-state index contributed by atoms with van der Waals surface area (Å²) in [5.74, 6) is 2.58. The second kappa shape index (κ2) is 10.0. The highest BCUT2D eigenvalue weighted by atomic mass is 19.1. The van der Waals surface area contributed by atoms with E-state index in [1.54, 1.807) is 13.0 Å². The molecule has 1 aromatic heterocycles. The number of aryl methyl sites for hydroxylation is 2. The Labute approximate surface area is 179 Å². The molecule has 6 heteroatoms. The van der Waals surface area contributed by atoms with E-state index < -0.39 is 0 Å². The molecule has 2 aliphatic heterocycles. The highest BCUT2D eigenvalue weighted by Crippen LogP contribution is 2.23. The normalized spacial score (nSPS) is 21.9. The smallest absolute Gasteiger partial charge is 0.227 e. The third-order valence-corrected chi connectivity index (χ3v) is 6.76. The summed E-state index contributed by atoms with van der Waals surface area (Å²) in [6, 6.07) is 5.06. The van der Waals surface area contributed by atoms with E-state index in [4.69, 9.17) is 4.52 Å². The van der Waals surface area contributed by atoms with Crippen molar-refractivity contribution in [1.82, 2.24) is 19.9 Å². The minimum Gasteiger partial charge on any atom is -0.339 e. The molecule has 30 heavy (non-hydrogen) atoms. The van der Waals surface area contributed by atoms with E-state index in [0.29, 0.717) is 22.8 Å². The predicted octanol–water partition coefficient (Wildman–Crippen LogP) is 4.56. The van der Waals surface area contributed by atoms with Crippen LogP contribution in [0.4, 0.5) is 4.39 Å². The third kappa shape index (κ3) is 5.67. The van der Waals surface area contributed by atoms with Gasteiger partial charge in [-0.3, -0.25) is 0 Å². The van der Waals surface area contributed by atoms with Crippen LogP contribution < -0.4 is 0 Å². The van der Waals surface area contributed by atoms with Gasteiger partial charge in [0.1, 0.15) is 5.82 Å². The van der Waals surface area contributed by atoms with Crippen molar-refractivity contribution in [2.75, 3.05) is 39.3 Å². The van der Waals surface area contributed by atoms with Crippen molar-refractivity contribution in [3.8, 4) is 11.4 Å².